The molecule has 11 heteroatoms. The van der Waals surface area contributed by atoms with Gasteiger partial charge in [0.15, 0.2) is 0 Å². The minimum Gasteiger partial charge on any atom is -0.352 e. The first kappa shape index (κ1) is 31.9. The summed E-state index contributed by atoms with van der Waals surface area (Å²) in [5.74, 6) is -0.936. The summed E-state index contributed by atoms with van der Waals surface area (Å²) in [6, 6.07) is 19.8. The average Bonchev–Trinajstić information content (AvgIpc) is 2.91. The van der Waals surface area contributed by atoms with Crippen molar-refractivity contribution in [3.63, 3.8) is 0 Å². The molecule has 0 unspecified atom stereocenters. The molecule has 0 saturated carbocycles. The van der Waals surface area contributed by atoms with Crippen molar-refractivity contribution in [2.75, 3.05) is 17.1 Å². The quantitative estimate of drug-likeness (QED) is 0.254. The van der Waals surface area contributed by atoms with E-state index in [9.17, 15) is 18.0 Å². The van der Waals surface area contributed by atoms with Crippen LogP contribution < -0.4 is 9.62 Å². The maximum Gasteiger partial charge on any atom is 0.244 e. The highest BCUT2D eigenvalue weighted by atomic mass is 79.9. The van der Waals surface area contributed by atoms with E-state index < -0.39 is 28.5 Å². The van der Waals surface area contributed by atoms with Crippen LogP contribution in [0.5, 0.6) is 0 Å². The van der Waals surface area contributed by atoms with Crippen molar-refractivity contribution < 1.29 is 18.0 Å². The van der Waals surface area contributed by atoms with Gasteiger partial charge < -0.3 is 10.2 Å². The molecule has 0 aromatic heterocycles. The molecule has 7 nitrogen and oxygen atoms in total. The number of sulfonamides is 1. The molecule has 0 aliphatic rings. The Hall–Kier alpha value is -2.59. The molecule has 3 aromatic carbocycles. The molecular formula is C29H32BrCl2N3O4S. The van der Waals surface area contributed by atoms with Gasteiger partial charge in [0.25, 0.3) is 0 Å². The summed E-state index contributed by atoms with van der Waals surface area (Å²) in [5, 5.41) is 3.65. The predicted octanol–water partition coefficient (Wildman–Crippen LogP) is 6.08. The van der Waals surface area contributed by atoms with Crippen molar-refractivity contribution in [1.82, 2.24) is 10.2 Å². The van der Waals surface area contributed by atoms with Gasteiger partial charge in [-0.1, -0.05) is 82.5 Å². The van der Waals surface area contributed by atoms with Crippen molar-refractivity contribution in [3.05, 3.63) is 98.4 Å². The van der Waals surface area contributed by atoms with E-state index in [0.29, 0.717) is 27.7 Å². The van der Waals surface area contributed by atoms with E-state index in [1.165, 1.54) is 4.90 Å². The van der Waals surface area contributed by atoms with Crippen molar-refractivity contribution in [2.45, 2.75) is 45.3 Å². The Labute approximate surface area is 254 Å². The number of anilines is 1. The molecule has 40 heavy (non-hydrogen) atoms. The lowest BCUT2D eigenvalue weighted by atomic mass is 10.0. The van der Waals surface area contributed by atoms with Gasteiger partial charge in [-0.2, -0.15) is 0 Å². The number of amides is 2. The highest BCUT2D eigenvalue weighted by Gasteiger charge is 2.34. The van der Waals surface area contributed by atoms with Gasteiger partial charge in [-0.25, -0.2) is 8.42 Å². The maximum atomic E-state index is 14.1. The third-order valence-corrected chi connectivity index (χ3v) is 8.83. The largest absolute Gasteiger partial charge is 0.352 e. The lowest BCUT2D eigenvalue weighted by Crippen LogP contribution is -2.54. The van der Waals surface area contributed by atoms with Gasteiger partial charge in [-0.15, -0.1) is 0 Å². The summed E-state index contributed by atoms with van der Waals surface area (Å²) < 4.78 is 27.5. The lowest BCUT2D eigenvalue weighted by molar-refractivity contribution is -0.140. The second-order valence-electron chi connectivity index (χ2n) is 9.49. The van der Waals surface area contributed by atoms with E-state index in [0.717, 1.165) is 20.6 Å². The van der Waals surface area contributed by atoms with E-state index in [1.54, 1.807) is 42.5 Å². The Morgan fingerprint density at radius 3 is 2.10 bits per heavy atom. The van der Waals surface area contributed by atoms with Crippen molar-refractivity contribution in [2.24, 2.45) is 0 Å². The highest BCUT2D eigenvalue weighted by molar-refractivity contribution is 9.10. The molecule has 0 saturated heterocycles. The zero-order valence-electron chi connectivity index (χ0n) is 22.5. The Balaban J connectivity index is 2.10. The van der Waals surface area contributed by atoms with Gasteiger partial charge in [-0.05, 0) is 55.3 Å². The third kappa shape index (κ3) is 8.70. The SMILES string of the molecule is CC[C@@H](C)NC(=O)[C@@H](Cc1ccccc1)N(Cc1c(Cl)cccc1Cl)C(=O)CN(c1ccc(Br)cc1)S(C)(=O)=O. The minimum atomic E-state index is -3.86. The number of carbonyl (C=O) groups excluding carboxylic acids is 2. The van der Waals surface area contributed by atoms with Crippen molar-refractivity contribution >= 4 is 66.7 Å². The fourth-order valence-corrected chi connectivity index (χ4v) is 5.70. The number of hydrogen-bond acceptors (Lipinski definition) is 4. The van der Waals surface area contributed by atoms with E-state index in [2.05, 4.69) is 21.2 Å². The summed E-state index contributed by atoms with van der Waals surface area (Å²) in [6.07, 6.45) is 1.93. The topological polar surface area (TPSA) is 86.8 Å². The van der Waals surface area contributed by atoms with Crippen LogP contribution in [0.1, 0.15) is 31.4 Å². The number of nitrogens with zero attached hydrogens (tertiary/aromatic N) is 2. The number of carbonyl (C=O) groups is 2. The molecule has 2 atom stereocenters. The van der Waals surface area contributed by atoms with Crippen LogP contribution in [0.25, 0.3) is 0 Å². The van der Waals surface area contributed by atoms with Crippen LogP contribution in [0.3, 0.4) is 0 Å². The Kier molecular flexibility index (Phi) is 11.5. The Morgan fingerprint density at radius 1 is 0.950 bits per heavy atom. The monoisotopic (exact) mass is 667 g/mol. The van der Waals surface area contributed by atoms with Crippen LogP contribution >= 0.6 is 39.1 Å². The van der Waals surface area contributed by atoms with Gasteiger partial charge in [0.1, 0.15) is 12.6 Å². The van der Waals surface area contributed by atoms with Gasteiger partial charge >= 0.3 is 0 Å². The molecule has 0 radical (unpaired) electrons. The first-order valence-corrected chi connectivity index (χ1v) is 16.1. The normalized spacial score (nSPS) is 12.8. The molecule has 0 fully saturated rings. The number of benzene rings is 3. The standard InChI is InChI=1S/C29H32BrCl2N3O4S/c1-4-20(2)33-29(37)27(17-21-9-6-5-7-10-21)34(18-24-25(31)11-8-12-26(24)32)28(36)19-35(40(3,38)39)23-15-13-22(30)14-16-23/h5-16,20,27H,4,17-19H2,1-3H3,(H,33,37)/t20-,27-/m1/s1. The van der Waals surface area contributed by atoms with Crippen molar-refractivity contribution in [3.8, 4) is 0 Å². The third-order valence-electron chi connectivity index (χ3n) is 6.46. The van der Waals surface area contributed by atoms with E-state index in [-0.39, 0.29) is 24.9 Å². The Morgan fingerprint density at radius 2 is 1.55 bits per heavy atom. The zero-order valence-corrected chi connectivity index (χ0v) is 26.4. The molecule has 0 spiro atoms. The molecular weight excluding hydrogens is 637 g/mol. The molecule has 2 amide bonds. The number of nitrogens with one attached hydrogen (secondary N) is 1. The predicted molar refractivity (Wildman–Crippen MR) is 165 cm³/mol. The minimum absolute atomic E-state index is 0.0965. The van der Waals surface area contributed by atoms with E-state index in [4.69, 9.17) is 23.2 Å². The van der Waals surface area contributed by atoms with Crippen LogP contribution in [0, 0.1) is 0 Å². The summed E-state index contributed by atoms with van der Waals surface area (Å²) in [7, 11) is -3.86. The second kappa shape index (κ2) is 14.3. The number of rotatable bonds is 12. The number of hydrogen-bond donors (Lipinski definition) is 1. The second-order valence-corrected chi connectivity index (χ2v) is 13.1. The molecule has 0 bridgehead atoms. The molecule has 3 rings (SSSR count). The first-order chi connectivity index (χ1) is 18.9. The maximum absolute atomic E-state index is 14.1. The molecule has 214 valence electrons. The van der Waals surface area contributed by atoms with Crippen LogP contribution in [0.2, 0.25) is 10.0 Å². The fourth-order valence-electron chi connectivity index (χ4n) is 4.07. The molecule has 0 heterocycles. The summed E-state index contributed by atoms with van der Waals surface area (Å²) in [5.41, 5.74) is 1.62. The smallest absolute Gasteiger partial charge is 0.244 e. The average molecular weight is 669 g/mol. The highest BCUT2D eigenvalue weighted by Crippen LogP contribution is 2.28. The van der Waals surface area contributed by atoms with Crippen LogP contribution in [0.15, 0.2) is 77.3 Å². The number of halogens is 3. The lowest BCUT2D eigenvalue weighted by Gasteiger charge is -2.34. The Bertz CT molecular complexity index is 1400. The summed E-state index contributed by atoms with van der Waals surface area (Å²) in [6.45, 7) is 3.21. The summed E-state index contributed by atoms with van der Waals surface area (Å²) >= 11 is 16.3. The molecule has 0 aliphatic heterocycles. The van der Waals surface area contributed by atoms with E-state index in [1.807, 2.05) is 44.2 Å². The van der Waals surface area contributed by atoms with Gasteiger partial charge in [0.2, 0.25) is 21.8 Å². The first-order valence-electron chi connectivity index (χ1n) is 12.7. The molecule has 0 aliphatic carbocycles. The fraction of sp³-hybridized carbons (Fsp3) is 0.310. The van der Waals surface area contributed by atoms with Crippen molar-refractivity contribution in [1.29, 1.82) is 0 Å². The van der Waals surface area contributed by atoms with Crippen LogP contribution in [-0.2, 0) is 32.6 Å². The van der Waals surface area contributed by atoms with Crippen LogP contribution in [-0.4, -0.2) is 50.0 Å². The summed E-state index contributed by atoms with van der Waals surface area (Å²) in [4.78, 5) is 29.2. The zero-order chi connectivity index (χ0) is 29.4. The van der Waals surface area contributed by atoms with Gasteiger partial charge in [0.05, 0.1) is 11.9 Å². The van der Waals surface area contributed by atoms with E-state index >= 15 is 0 Å². The van der Waals surface area contributed by atoms with Gasteiger partial charge in [-0.3, -0.25) is 13.9 Å². The van der Waals surface area contributed by atoms with Gasteiger partial charge in [0, 0.05) is 39.1 Å². The molecule has 3 aromatic rings. The molecule has 1 N–H and O–H groups in total. The van der Waals surface area contributed by atoms with Crippen LogP contribution in [0.4, 0.5) is 5.69 Å².